The highest BCUT2D eigenvalue weighted by atomic mass is 35.7. The van der Waals surface area contributed by atoms with E-state index in [1.54, 1.807) is 12.1 Å². The maximum Gasteiger partial charge on any atom is 0.265 e. The average Bonchev–Trinajstić information content (AvgIpc) is 2.38. The van der Waals surface area contributed by atoms with E-state index in [9.17, 15) is 12.8 Å². The molecule has 3 nitrogen and oxygen atoms in total. The smallest absolute Gasteiger partial charge is 0.265 e. The van der Waals surface area contributed by atoms with Crippen molar-refractivity contribution >= 4 is 42.9 Å². The van der Waals surface area contributed by atoms with E-state index < -0.39 is 19.8 Å². The largest absolute Gasteiger partial charge is 0.487 e. The Hall–Kier alpha value is -1.01. The van der Waals surface area contributed by atoms with Gasteiger partial charge in [0.1, 0.15) is 23.1 Å². The first-order valence-electron chi connectivity index (χ1n) is 5.58. The molecule has 0 saturated heterocycles. The van der Waals surface area contributed by atoms with Crippen LogP contribution in [0, 0.1) is 5.82 Å². The van der Waals surface area contributed by atoms with E-state index in [2.05, 4.69) is 0 Å². The highest BCUT2D eigenvalue weighted by Crippen LogP contribution is 2.29. The standard InChI is InChI=1S/C13H8Cl3FO3S/c14-9-2-1-8(11(15)5-9)7-20-12-4-3-10(17)6-13(12)21(16,18)19/h1-6H,7H2. The predicted molar refractivity (Wildman–Crippen MR) is 80.2 cm³/mol. The van der Waals surface area contributed by atoms with Crippen molar-refractivity contribution in [2.24, 2.45) is 0 Å². The molecule has 0 bridgehead atoms. The van der Waals surface area contributed by atoms with Gasteiger partial charge in [0.25, 0.3) is 9.05 Å². The Balaban J connectivity index is 2.28. The fraction of sp³-hybridized carbons (Fsp3) is 0.0769. The third-order valence-corrected chi connectivity index (χ3v) is 4.50. The van der Waals surface area contributed by atoms with Crippen LogP contribution in [0.1, 0.15) is 5.56 Å². The van der Waals surface area contributed by atoms with Gasteiger partial charge in [0.2, 0.25) is 0 Å². The Labute approximate surface area is 135 Å². The fourth-order valence-electron chi connectivity index (χ4n) is 1.59. The molecule has 0 radical (unpaired) electrons. The third-order valence-electron chi connectivity index (χ3n) is 2.57. The number of ether oxygens (including phenoxy) is 1. The molecule has 21 heavy (non-hydrogen) atoms. The van der Waals surface area contributed by atoms with Crippen LogP contribution in [0.3, 0.4) is 0 Å². The lowest BCUT2D eigenvalue weighted by atomic mass is 10.2. The molecule has 2 rings (SSSR count). The first-order chi connectivity index (χ1) is 9.77. The summed E-state index contributed by atoms with van der Waals surface area (Å²) in [6, 6.07) is 7.85. The lowest BCUT2D eigenvalue weighted by Crippen LogP contribution is -2.02. The summed E-state index contributed by atoms with van der Waals surface area (Å²) in [6.45, 7) is -0.0129. The zero-order valence-corrected chi connectivity index (χ0v) is 13.4. The molecule has 0 spiro atoms. The van der Waals surface area contributed by atoms with E-state index in [4.69, 9.17) is 38.6 Å². The molecule has 2 aromatic carbocycles. The van der Waals surface area contributed by atoms with E-state index >= 15 is 0 Å². The summed E-state index contributed by atoms with van der Waals surface area (Å²) < 4.78 is 41.3. The minimum Gasteiger partial charge on any atom is -0.487 e. The molecule has 0 atom stereocenters. The highest BCUT2D eigenvalue weighted by molar-refractivity contribution is 8.13. The molecular formula is C13H8Cl3FO3S. The number of halogens is 4. The molecule has 0 aliphatic rings. The topological polar surface area (TPSA) is 43.4 Å². The zero-order chi connectivity index (χ0) is 15.6. The van der Waals surface area contributed by atoms with Crippen LogP contribution >= 0.6 is 33.9 Å². The highest BCUT2D eigenvalue weighted by Gasteiger charge is 2.18. The molecule has 0 unspecified atom stereocenters. The monoisotopic (exact) mass is 368 g/mol. The van der Waals surface area contributed by atoms with Crippen LogP contribution in [0.4, 0.5) is 4.39 Å². The summed E-state index contributed by atoms with van der Waals surface area (Å²) in [5.41, 5.74) is 0.600. The predicted octanol–water partition coefficient (Wildman–Crippen LogP) is 4.64. The van der Waals surface area contributed by atoms with Crippen molar-refractivity contribution in [3.8, 4) is 5.75 Å². The summed E-state index contributed by atoms with van der Waals surface area (Å²) in [7, 11) is 1.13. The van der Waals surface area contributed by atoms with Crippen molar-refractivity contribution in [3.63, 3.8) is 0 Å². The summed E-state index contributed by atoms with van der Waals surface area (Å²) in [4.78, 5) is -0.436. The van der Waals surface area contributed by atoms with Gasteiger partial charge in [-0.3, -0.25) is 0 Å². The third kappa shape index (κ3) is 4.23. The maximum atomic E-state index is 13.1. The molecule has 0 saturated carbocycles. The zero-order valence-electron chi connectivity index (χ0n) is 10.3. The second-order valence-corrected chi connectivity index (χ2v) is 7.43. The van der Waals surface area contributed by atoms with Gasteiger partial charge >= 0.3 is 0 Å². The fourth-order valence-corrected chi connectivity index (χ4v) is 3.03. The molecule has 0 heterocycles. The summed E-state index contributed by atoms with van der Waals surface area (Å²) in [5.74, 6) is -0.788. The molecule has 0 aliphatic heterocycles. The van der Waals surface area contributed by atoms with Gasteiger partial charge in [0.05, 0.1) is 0 Å². The van der Waals surface area contributed by atoms with E-state index in [0.29, 0.717) is 15.6 Å². The molecule has 112 valence electrons. The molecule has 0 aliphatic carbocycles. The SMILES string of the molecule is O=S(=O)(Cl)c1cc(F)ccc1OCc1ccc(Cl)cc1Cl. The van der Waals surface area contributed by atoms with Gasteiger partial charge in [-0.15, -0.1) is 0 Å². The van der Waals surface area contributed by atoms with Crippen LogP contribution in [-0.4, -0.2) is 8.42 Å². The van der Waals surface area contributed by atoms with Crippen LogP contribution in [0.15, 0.2) is 41.3 Å². The van der Waals surface area contributed by atoms with Crippen molar-refractivity contribution < 1.29 is 17.5 Å². The normalized spacial score (nSPS) is 11.4. The van der Waals surface area contributed by atoms with Gasteiger partial charge in [0.15, 0.2) is 0 Å². The van der Waals surface area contributed by atoms with Gasteiger partial charge in [-0.05, 0) is 30.3 Å². The number of rotatable bonds is 4. The van der Waals surface area contributed by atoms with Crippen LogP contribution in [-0.2, 0) is 15.7 Å². The first kappa shape index (κ1) is 16.4. The van der Waals surface area contributed by atoms with Crippen molar-refractivity contribution in [1.29, 1.82) is 0 Å². The van der Waals surface area contributed by atoms with Gasteiger partial charge in [-0.25, -0.2) is 12.8 Å². The number of benzene rings is 2. The minimum absolute atomic E-state index is 0.0129. The summed E-state index contributed by atoms with van der Waals surface area (Å²) in [5, 5.41) is 0.842. The Morgan fingerprint density at radius 2 is 1.81 bits per heavy atom. The minimum atomic E-state index is -4.12. The van der Waals surface area contributed by atoms with Crippen molar-refractivity contribution in [1.82, 2.24) is 0 Å². The molecule has 8 heteroatoms. The maximum absolute atomic E-state index is 13.1. The molecule has 2 aromatic rings. The lowest BCUT2D eigenvalue weighted by Gasteiger charge is -2.11. The van der Waals surface area contributed by atoms with Gasteiger partial charge in [0, 0.05) is 26.3 Å². The van der Waals surface area contributed by atoms with Crippen LogP contribution < -0.4 is 4.74 Å². The molecule has 0 fully saturated rings. The van der Waals surface area contributed by atoms with Crippen LogP contribution in [0.25, 0.3) is 0 Å². The van der Waals surface area contributed by atoms with E-state index in [-0.39, 0.29) is 12.4 Å². The van der Waals surface area contributed by atoms with Crippen LogP contribution in [0.2, 0.25) is 10.0 Å². The Bertz CT molecular complexity index is 778. The second kappa shape index (κ2) is 6.40. The van der Waals surface area contributed by atoms with Gasteiger partial charge in [-0.2, -0.15) is 0 Å². The molecular weight excluding hydrogens is 362 g/mol. The van der Waals surface area contributed by atoms with Crippen molar-refractivity contribution in [3.05, 3.63) is 57.8 Å². The van der Waals surface area contributed by atoms with E-state index in [1.807, 2.05) is 0 Å². The summed E-state index contributed by atoms with van der Waals surface area (Å²) in [6.07, 6.45) is 0. The van der Waals surface area contributed by atoms with Gasteiger partial charge < -0.3 is 4.74 Å². The van der Waals surface area contributed by atoms with Crippen LogP contribution in [0.5, 0.6) is 5.75 Å². The van der Waals surface area contributed by atoms with E-state index in [0.717, 1.165) is 12.1 Å². The second-order valence-electron chi connectivity index (χ2n) is 4.05. The van der Waals surface area contributed by atoms with Crippen molar-refractivity contribution in [2.75, 3.05) is 0 Å². The number of hydrogen-bond acceptors (Lipinski definition) is 3. The number of hydrogen-bond donors (Lipinski definition) is 0. The lowest BCUT2D eigenvalue weighted by molar-refractivity contribution is 0.297. The van der Waals surface area contributed by atoms with E-state index in [1.165, 1.54) is 12.1 Å². The average molecular weight is 370 g/mol. The Morgan fingerprint density at radius 3 is 2.43 bits per heavy atom. The summed E-state index contributed by atoms with van der Waals surface area (Å²) >= 11 is 11.8. The molecule has 0 aromatic heterocycles. The van der Waals surface area contributed by atoms with Crippen molar-refractivity contribution in [2.45, 2.75) is 11.5 Å². The first-order valence-corrected chi connectivity index (χ1v) is 8.65. The molecule has 0 amide bonds. The molecule has 0 N–H and O–H groups in total. The quantitative estimate of drug-likeness (QED) is 0.737. The Morgan fingerprint density at radius 1 is 1.10 bits per heavy atom. The van der Waals surface area contributed by atoms with Gasteiger partial charge in [-0.1, -0.05) is 29.3 Å². The Kier molecular flexibility index (Phi) is 4.99.